The van der Waals surface area contributed by atoms with Crippen LogP contribution in [0.2, 0.25) is 5.02 Å². The monoisotopic (exact) mass is 410 g/mol. The lowest BCUT2D eigenvalue weighted by molar-refractivity contribution is -0.144. The van der Waals surface area contributed by atoms with E-state index in [4.69, 9.17) is 21.4 Å². The molecule has 1 atom stereocenters. The molecule has 0 aliphatic carbocycles. The molecular weight excluding hydrogens is 372 g/mol. The summed E-state index contributed by atoms with van der Waals surface area (Å²) in [4.78, 5) is 10.9. The minimum atomic E-state index is -0.965. The number of hydrogen-bond acceptors (Lipinski definition) is 2. The predicted molar refractivity (Wildman–Crippen MR) is 119 cm³/mol. The topological polar surface area (TPSA) is 46.5 Å². The molecule has 1 rings (SSSR count). The van der Waals surface area contributed by atoms with Gasteiger partial charge in [0.2, 0.25) is 0 Å². The van der Waals surface area contributed by atoms with Crippen molar-refractivity contribution in [3.63, 3.8) is 0 Å². The predicted octanol–water partition coefficient (Wildman–Crippen LogP) is 7.83. The van der Waals surface area contributed by atoms with Crippen LogP contribution in [0.4, 0.5) is 0 Å². The first-order valence-corrected chi connectivity index (χ1v) is 11.6. The van der Waals surface area contributed by atoms with Gasteiger partial charge >= 0.3 is 5.97 Å². The first-order valence-electron chi connectivity index (χ1n) is 11.2. The Balaban J connectivity index is 2.09. The van der Waals surface area contributed by atoms with Crippen LogP contribution in [0.3, 0.4) is 0 Å². The molecule has 0 fully saturated rings. The highest BCUT2D eigenvalue weighted by Crippen LogP contribution is 2.25. The van der Waals surface area contributed by atoms with Crippen molar-refractivity contribution in [3.8, 4) is 5.75 Å². The first-order chi connectivity index (χ1) is 13.5. The van der Waals surface area contributed by atoms with Crippen LogP contribution in [0.1, 0.15) is 103 Å². The quantitative estimate of drug-likeness (QED) is 0.266. The molecule has 1 unspecified atom stereocenters. The zero-order valence-corrected chi connectivity index (χ0v) is 18.6. The summed E-state index contributed by atoms with van der Waals surface area (Å²) in [6.07, 6.45) is 17.5. The molecule has 0 amide bonds. The van der Waals surface area contributed by atoms with Gasteiger partial charge in [0, 0.05) is 5.02 Å². The summed E-state index contributed by atoms with van der Waals surface area (Å²) < 4.78 is 5.43. The molecule has 4 heteroatoms. The fourth-order valence-electron chi connectivity index (χ4n) is 3.40. The molecule has 1 aromatic carbocycles. The average Bonchev–Trinajstić information content (AvgIpc) is 2.67. The summed E-state index contributed by atoms with van der Waals surface area (Å²) >= 11 is 6.27. The number of rotatable bonds is 17. The Morgan fingerprint density at radius 3 is 1.93 bits per heavy atom. The lowest BCUT2D eigenvalue weighted by Crippen LogP contribution is -2.22. The lowest BCUT2D eigenvalue weighted by atomic mass is 10.0. The molecule has 28 heavy (non-hydrogen) atoms. The Hall–Kier alpha value is -1.22. The van der Waals surface area contributed by atoms with Gasteiger partial charge in [-0.25, -0.2) is 4.79 Å². The SMILES string of the molecule is CCCCCCCCCCCCCCCc1cc(OC(C)C(=O)O)ccc1Cl. The van der Waals surface area contributed by atoms with Gasteiger partial charge in [-0.1, -0.05) is 95.6 Å². The van der Waals surface area contributed by atoms with Crippen LogP contribution in [-0.2, 0) is 11.2 Å². The Bertz CT molecular complexity index is 545. The molecule has 1 aromatic rings. The van der Waals surface area contributed by atoms with Gasteiger partial charge in [0.25, 0.3) is 0 Å². The molecule has 0 heterocycles. The third kappa shape index (κ3) is 11.6. The second-order valence-electron chi connectivity index (χ2n) is 7.84. The Labute approximate surface area is 176 Å². The number of hydrogen-bond donors (Lipinski definition) is 1. The van der Waals surface area contributed by atoms with Crippen molar-refractivity contribution in [2.45, 2.75) is 110 Å². The summed E-state index contributed by atoms with van der Waals surface area (Å²) in [6, 6.07) is 5.40. The number of carboxylic acid groups (broad SMARTS) is 1. The van der Waals surface area contributed by atoms with Gasteiger partial charge in [-0.05, 0) is 43.5 Å². The van der Waals surface area contributed by atoms with Crippen molar-refractivity contribution in [2.24, 2.45) is 0 Å². The molecule has 0 bridgehead atoms. The van der Waals surface area contributed by atoms with Gasteiger partial charge in [0.05, 0.1) is 0 Å². The lowest BCUT2D eigenvalue weighted by Gasteiger charge is -2.12. The summed E-state index contributed by atoms with van der Waals surface area (Å²) in [5.74, 6) is -0.392. The van der Waals surface area contributed by atoms with Crippen LogP contribution < -0.4 is 4.74 Å². The van der Waals surface area contributed by atoms with Crippen LogP contribution >= 0.6 is 11.6 Å². The fraction of sp³-hybridized carbons (Fsp3) is 0.708. The van der Waals surface area contributed by atoms with Gasteiger partial charge in [-0.3, -0.25) is 0 Å². The number of carboxylic acids is 1. The molecule has 1 N–H and O–H groups in total. The molecule has 3 nitrogen and oxygen atoms in total. The van der Waals surface area contributed by atoms with Crippen molar-refractivity contribution in [2.75, 3.05) is 0 Å². The van der Waals surface area contributed by atoms with E-state index in [1.165, 1.54) is 84.0 Å². The standard InChI is InChI=1S/C24H39ClO3/c1-3-4-5-6-7-8-9-10-11-12-13-14-15-16-21-19-22(17-18-23(21)25)28-20(2)24(26)27/h17-20H,3-16H2,1-2H3,(H,26,27). The van der Waals surface area contributed by atoms with Gasteiger partial charge < -0.3 is 9.84 Å². The molecular formula is C24H39ClO3. The number of carbonyl (C=O) groups is 1. The maximum Gasteiger partial charge on any atom is 0.344 e. The van der Waals surface area contributed by atoms with E-state index in [2.05, 4.69) is 6.92 Å². The summed E-state index contributed by atoms with van der Waals surface area (Å²) in [5, 5.41) is 9.68. The van der Waals surface area contributed by atoms with Crippen molar-refractivity contribution in [1.82, 2.24) is 0 Å². The average molecular weight is 411 g/mol. The molecule has 0 aliphatic heterocycles. The second-order valence-corrected chi connectivity index (χ2v) is 8.25. The first kappa shape index (κ1) is 24.8. The van der Waals surface area contributed by atoms with E-state index in [-0.39, 0.29) is 0 Å². The van der Waals surface area contributed by atoms with E-state index in [1.807, 2.05) is 6.07 Å². The van der Waals surface area contributed by atoms with E-state index >= 15 is 0 Å². The molecule has 0 aliphatic rings. The largest absolute Gasteiger partial charge is 0.479 e. The van der Waals surface area contributed by atoms with Crippen molar-refractivity contribution >= 4 is 17.6 Å². The van der Waals surface area contributed by atoms with Gasteiger partial charge in [0.15, 0.2) is 6.10 Å². The number of aliphatic carboxylic acids is 1. The number of unbranched alkanes of at least 4 members (excludes halogenated alkanes) is 12. The third-order valence-corrected chi connectivity index (χ3v) is 5.60. The third-order valence-electron chi connectivity index (χ3n) is 5.23. The Morgan fingerprint density at radius 2 is 1.43 bits per heavy atom. The van der Waals surface area contributed by atoms with E-state index in [9.17, 15) is 4.79 Å². The number of ether oxygens (including phenoxy) is 1. The smallest absolute Gasteiger partial charge is 0.344 e. The maximum absolute atomic E-state index is 10.9. The van der Waals surface area contributed by atoms with E-state index < -0.39 is 12.1 Å². The minimum Gasteiger partial charge on any atom is -0.479 e. The van der Waals surface area contributed by atoms with Gasteiger partial charge in [0.1, 0.15) is 5.75 Å². The molecule has 0 saturated heterocycles. The molecule has 0 saturated carbocycles. The molecule has 0 spiro atoms. The van der Waals surface area contributed by atoms with Crippen LogP contribution in [0.5, 0.6) is 5.75 Å². The van der Waals surface area contributed by atoms with Crippen LogP contribution in [-0.4, -0.2) is 17.2 Å². The minimum absolute atomic E-state index is 0.573. The van der Waals surface area contributed by atoms with Crippen LogP contribution in [0.25, 0.3) is 0 Å². The van der Waals surface area contributed by atoms with E-state index in [0.717, 1.165) is 23.4 Å². The van der Waals surface area contributed by atoms with Crippen LogP contribution in [0.15, 0.2) is 18.2 Å². The Morgan fingerprint density at radius 1 is 0.929 bits per heavy atom. The molecule has 160 valence electrons. The van der Waals surface area contributed by atoms with Crippen molar-refractivity contribution < 1.29 is 14.6 Å². The highest BCUT2D eigenvalue weighted by atomic mass is 35.5. The van der Waals surface area contributed by atoms with Gasteiger partial charge in [-0.15, -0.1) is 0 Å². The van der Waals surface area contributed by atoms with E-state index in [1.54, 1.807) is 12.1 Å². The Kier molecular flexibility index (Phi) is 13.9. The van der Waals surface area contributed by atoms with Gasteiger partial charge in [-0.2, -0.15) is 0 Å². The van der Waals surface area contributed by atoms with Crippen molar-refractivity contribution in [1.29, 1.82) is 0 Å². The number of benzene rings is 1. The molecule has 0 radical (unpaired) electrons. The summed E-state index contributed by atoms with van der Waals surface area (Å²) in [5.41, 5.74) is 1.04. The fourth-order valence-corrected chi connectivity index (χ4v) is 3.62. The normalized spacial score (nSPS) is 12.1. The zero-order valence-electron chi connectivity index (χ0n) is 17.9. The highest BCUT2D eigenvalue weighted by molar-refractivity contribution is 6.31. The number of halogens is 1. The zero-order chi connectivity index (χ0) is 20.6. The van der Waals surface area contributed by atoms with E-state index in [0.29, 0.717) is 5.75 Å². The maximum atomic E-state index is 10.9. The highest BCUT2D eigenvalue weighted by Gasteiger charge is 2.13. The molecule has 0 aromatic heterocycles. The summed E-state index contributed by atoms with van der Waals surface area (Å²) in [6.45, 7) is 3.80. The second kappa shape index (κ2) is 15.7. The number of aryl methyl sites for hydroxylation is 1. The van der Waals surface area contributed by atoms with Crippen LogP contribution in [0, 0.1) is 0 Å². The van der Waals surface area contributed by atoms with Crippen molar-refractivity contribution in [3.05, 3.63) is 28.8 Å². The summed E-state index contributed by atoms with van der Waals surface area (Å²) in [7, 11) is 0.